The average Bonchev–Trinajstić information content (AvgIpc) is 3.18. The number of hydrogen-bond acceptors (Lipinski definition) is 4. The van der Waals surface area contributed by atoms with Crippen molar-refractivity contribution in [2.24, 2.45) is 0 Å². The van der Waals surface area contributed by atoms with Gasteiger partial charge in [0.2, 0.25) is 5.91 Å². The van der Waals surface area contributed by atoms with E-state index in [0.717, 1.165) is 18.8 Å². The lowest BCUT2D eigenvalue weighted by molar-refractivity contribution is -0.115. The fourth-order valence-corrected chi connectivity index (χ4v) is 3.59. The van der Waals surface area contributed by atoms with Crippen molar-refractivity contribution in [2.75, 3.05) is 31.5 Å². The van der Waals surface area contributed by atoms with Gasteiger partial charge in [0, 0.05) is 6.54 Å². The van der Waals surface area contributed by atoms with E-state index >= 15 is 0 Å². The number of likely N-dealkylation sites (tertiary alicyclic amines) is 1. The minimum atomic E-state index is -0.161. The van der Waals surface area contributed by atoms with E-state index in [4.69, 9.17) is 27.6 Å². The second kappa shape index (κ2) is 9.42. The Balaban J connectivity index is 1.54. The number of benzene rings is 1. The summed E-state index contributed by atoms with van der Waals surface area (Å²) in [6.07, 6.45) is 5.37. The maximum Gasteiger partial charge on any atom is 0.238 e. The van der Waals surface area contributed by atoms with Crippen LogP contribution in [0.15, 0.2) is 41.0 Å². The molecule has 1 fully saturated rings. The van der Waals surface area contributed by atoms with E-state index in [9.17, 15) is 4.79 Å². The number of rotatable bonds is 7. The van der Waals surface area contributed by atoms with Crippen LogP contribution in [0.1, 0.15) is 31.1 Å². The minimum absolute atomic E-state index is 0.132. The van der Waals surface area contributed by atoms with Gasteiger partial charge in [0.15, 0.2) is 0 Å². The molecule has 2 heterocycles. The van der Waals surface area contributed by atoms with Crippen molar-refractivity contribution >= 4 is 34.8 Å². The van der Waals surface area contributed by atoms with Crippen molar-refractivity contribution in [3.63, 3.8) is 0 Å². The first-order valence-electron chi connectivity index (χ1n) is 8.87. The van der Waals surface area contributed by atoms with Crippen molar-refractivity contribution in [1.82, 2.24) is 10.2 Å². The average molecular weight is 396 g/mol. The number of halogens is 2. The Morgan fingerprint density at radius 1 is 1.15 bits per heavy atom. The van der Waals surface area contributed by atoms with Crippen molar-refractivity contribution in [3.8, 4) is 0 Å². The molecule has 5 nitrogen and oxygen atoms in total. The van der Waals surface area contributed by atoms with Gasteiger partial charge in [-0.3, -0.25) is 9.69 Å². The number of piperidine rings is 1. The molecule has 26 heavy (non-hydrogen) atoms. The maximum atomic E-state index is 12.2. The molecule has 1 aliphatic rings. The van der Waals surface area contributed by atoms with Crippen LogP contribution in [0.4, 0.5) is 5.69 Å². The van der Waals surface area contributed by atoms with E-state index in [0.29, 0.717) is 22.3 Å². The molecule has 1 saturated heterocycles. The molecule has 2 aromatic rings. The molecule has 2 N–H and O–H groups in total. The first kappa shape index (κ1) is 19.2. The summed E-state index contributed by atoms with van der Waals surface area (Å²) in [4.78, 5) is 14.6. The third-order valence-corrected chi connectivity index (χ3v) is 5.37. The van der Waals surface area contributed by atoms with Crippen LogP contribution in [0.2, 0.25) is 10.0 Å². The van der Waals surface area contributed by atoms with Crippen LogP contribution in [-0.2, 0) is 4.79 Å². The van der Waals surface area contributed by atoms with Crippen molar-refractivity contribution in [1.29, 1.82) is 0 Å². The minimum Gasteiger partial charge on any atom is -0.468 e. The van der Waals surface area contributed by atoms with E-state index in [1.54, 1.807) is 24.5 Å². The summed E-state index contributed by atoms with van der Waals surface area (Å²) in [7, 11) is 0. The standard InChI is InChI=1S/C19H23Cl2N3O2/c20-14-6-4-7-15(19(14)21)23-18(25)13-22-12-16(17-8-5-11-26-17)24-9-2-1-3-10-24/h4-8,11,16,22H,1-3,9-10,12-13H2,(H,23,25)/t16-/m0/s1. The monoisotopic (exact) mass is 395 g/mol. The Morgan fingerprint density at radius 3 is 2.69 bits per heavy atom. The SMILES string of the molecule is O=C(CNC[C@@H](c1ccco1)N1CCCCC1)Nc1cccc(Cl)c1Cl. The van der Waals surface area contributed by atoms with Crippen molar-refractivity contribution in [3.05, 3.63) is 52.4 Å². The molecule has 7 heteroatoms. The van der Waals surface area contributed by atoms with Gasteiger partial charge in [-0.1, -0.05) is 35.7 Å². The molecular formula is C19H23Cl2N3O2. The van der Waals surface area contributed by atoms with E-state index < -0.39 is 0 Å². The van der Waals surface area contributed by atoms with E-state index in [2.05, 4.69) is 15.5 Å². The number of anilines is 1. The summed E-state index contributed by atoms with van der Waals surface area (Å²) in [5.41, 5.74) is 0.518. The maximum absolute atomic E-state index is 12.2. The molecule has 0 unspecified atom stereocenters. The predicted molar refractivity (Wildman–Crippen MR) is 105 cm³/mol. The summed E-state index contributed by atoms with van der Waals surface area (Å²) >= 11 is 12.1. The van der Waals surface area contributed by atoms with E-state index in [1.165, 1.54) is 19.3 Å². The molecular weight excluding hydrogens is 373 g/mol. The summed E-state index contributed by atoms with van der Waals surface area (Å²) < 4.78 is 5.62. The topological polar surface area (TPSA) is 57.5 Å². The Bertz CT molecular complexity index is 716. The van der Waals surface area contributed by atoms with Gasteiger partial charge in [-0.2, -0.15) is 0 Å². The van der Waals surface area contributed by atoms with Crippen LogP contribution in [-0.4, -0.2) is 37.0 Å². The predicted octanol–water partition coefficient (Wildman–Crippen LogP) is 4.34. The molecule has 0 aliphatic carbocycles. The normalized spacial score (nSPS) is 16.4. The van der Waals surface area contributed by atoms with E-state index in [-0.39, 0.29) is 18.5 Å². The lowest BCUT2D eigenvalue weighted by Gasteiger charge is -2.33. The highest BCUT2D eigenvalue weighted by molar-refractivity contribution is 6.43. The first-order chi connectivity index (χ1) is 12.6. The Morgan fingerprint density at radius 2 is 1.96 bits per heavy atom. The van der Waals surface area contributed by atoms with Gasteiger partial charge in [0.1, 0.15) is 5.76 Å². The van der Waals surface area contributed by atoms with Crippen LogP contribution in [0.3, 0.4) is 0 Å². The van der Waals surface area contributed by atoms with Crippen LogP contribution >= 0.6 is 23.2 Å². The molecule has 1 atom stereocenters. The van der Waals surface area contributed by atoms with Crippen LogP contribution < -0.4 is 10.6 Å². The lowest BCUT2D eigenvalue weighted by atomic mass is 10.1. The Hall–Kier alpha value is -1.53. The van der Waals surface area contributed by atoms with Gasteiger partial charge < -0.3 is 15.1 Å². The van der Waals surface area contributed by atoms with Crippen LogP contribution in [0.5, 0.6) is 0 Å². The summed E-state index contributed by atoms with van der Waals surface area (Å²) in [6.45, 7) is 2.94. The van der Waals surface area contributed by atoms with Crippen molar-refractivity contribution in [2.45, 2.75) is 25.3 Å². The molecule has 1 aromatic heterocycles. The van der Waals surface area contributed by atoms with Crippen molar-refractivity contribution < 1.29 is 9.21 Å². The van der Waals surface area contributed by atoms with Gasteiger partial charge >= 0.3 is 0 Å². The third-order valence-electron chi connectivity index (χ3n) is 4.55. The highest BCUT2D eigenvalue weighted by Crippen LogP contribution is 2.29. The number of carbonyl (C=O) groups is 1. The number of carbonyl (C=O) groups excluding carboxylic acids is 1. The number of hydrogen-bond donors (Lipinski definition) is 2. The molecule has 0 radical (unpaired) electrons. The smallest absolute Gasteiger partial charge is 0.238 e. The molecule has 1 aromatic carbocycles. The summed E-state index contributed by atoms with van der Waals surface area (Å²) in [6, 6.07) is 9.19. The largest absolute Gasteiger partial charge is 0.468 e. The second-order valence-electron chi connectivity index (χ2n) is 6.41. The number of nitrogens with zero attached hydrogens (tertiary/aromatic N) is 1. The van der Waals surface area contributed by atoms with E-state index in [1.807, 2.05) is 12.1 Å². The highest BCUT2D eigenvalue weighted by atomic mass is 35.5. The van der Waals surface area contributed by atoms with Gasteiger partial charge in [0.25, 0.3) is 0 Å². The zero-order valence-electron chi connectivity index (χ0n) is 14.5. The molecule has 0 spiro atoms. The summed E-state index contributed by atoms with van der Waals surface area (Å²) in [5.74, 6) is 0.767. The molecule has 1 amide bonds. The fraction of sp³-hybridized carbons (Fsp3) is 0.421. The molecule has 3 rings (SSSR count). The van der Waals surface area contributed by atoms with Gasteiger partial charge in [0.05, 0.1) is 34.6 Å². The molecule has 140 valence electrons. The summed E-state index contributed by atoms with van der Waals surface area (Å²) in [5, 5.41) is 6.79. The van der Waals surface area contributed by atoms with Crippen LogP contribution in [0, 0.1) is 0 Å². The van der Waals surface area contributed by atoms with Gasteiger partial charge in [-0.15, -0.1) is 0 Å². The molecule has 0 bridgehead atoms. The third kappa shape index (κ3) is 5.01. The Labute approximate surface area is 163 Å². The highest BCUT2D eigenvalue weighted by Gasteiger charge is 2.24. The second-order valence-corrected chi connectivity index (χ2v) is 7.19. The number of furan rings is 1. The zero-order chi connectivity index (χ0) is 18.4. The lowest BCUT2D eigenvalue weighted by Crippen LogP contribution is -2.40. The molecule has 1 aliphatic heterocycles. The Kier molecular flexibility index (Phi) is 6.97. The first-order valence-corrected chi connectivity index (χ1v) is 9.63. The number of amides is 1. The van der Waals surface area contributed by atoms with Gasteiger partial charge in [-0.25, -0.2) is 0 Å². The van der Waals surface area contributed by atoms with Gasteiger partial charge in [-0.05, 0) is 50.2 Å². The fourth-order valence-electron chi connectivity index (χ4n) is 3.24. The van der Waals surface area contributed by atoms with Crippen LogP contribution in [0.25, 0.3) is 0 Å². The molecule has 0 saturated carbocycles. The zero-order valence-corrected chi connectivity index (χ0v) is 16.0. The number of nitrogens with one attached hydrogen (secondary N) is 2. The quantitative estimate of drug-likeness (QED) is 0.731.